The second-order valence-corrected chi connectivity index (χ2v) is 6.23. The highest BCUT2D eigenvalue weighted by Crippen LogP contribution is 2.39. The molecular formula is C13H21N3O3. The van der Waals surface area contributed by atoms with Crippen molar-refractivity contribution < 1.29 is 9.90 Å². The van der Waals surface area contributed by atoms with Crippen LogP contribution in [0, 0.1) is 5.41 Å². The Hall–Kier alpha value is -1.56. The molecule has 1 aromatic rings. The molecule has 6 nitrogen and oxygen atoms in total. The lowest BCUT2D eigenvalue weighted by Gasteiger charge is -2.40. The first-order valence-electron chi connectivity index (χ1n) is 6.58. The number of carbonyl (C=O) groups is 1. The standard InChI is InChI=1S/C13H21N3O3/c1-12(2)3-5-13(19,6-4-12)8-15-10(17)9-7-14-11(18)16-9/h7,19H,3-6,8H2,1-2H3,(H,15,17)(H2,14,16,18). The number of nitrogens with one attached hydrogen (secondary N) is 3. The fraction of sp³-hybridized carbons (Fsp3) is 0.692. The van der Waals surface area contributed by atoms with Gasteiger partial charge in [-0.15, -0.1) is 0 Å². The number of imidazole rings is 1. The summed E-state index contributed by atoms with van der Waals surface area (Å²) in [5.74, 6) is -0.378. The smallest absolute Gasteiger partial charge is 0.323 e. The van der Waals surface area contributed by atoms with E-state index < -0.39 is 11.3 Å². The van der Waals surface area contributed by atoms with Crippen LogP contribution in [-0.4, -0.2) is 33.1 Å². The third-order valence-corrected chi connectivity index (χ3v) is 3.95. The minimum absolute atomic E-state index is 0.185. The van der Waals surface area contributed by atoms with Gasteiger partial charge in [0.05, 0.1) is 5.60 Å². The van der Waals surface area contributed by atoms with Crippen molar-refractivity contribution >= 4 is 5.91 Å². The molecule has 0 spiro atoms. The van der Waals surface area contributed by atoms with Crippen molar-refractivity contribution in [3.8, 4) is 0 Å². The van der Waals surface area contributed by atoms with E-state index in [4.69, 9.17) is 0 Å². The van der Waals surface area contributed by atoms with E-state index in [2.05, 4.69) is 29.1 Å². The number of amides is 1. The Bertz CT molecular complexity index is 505. The molecule has 1 saturated carbocycles. The summed E-state index contributed by atoms with van der Waals surface area (Å²) in [4.78, 5) is 27.4. The van der Waals surface area contributed by atoms with Crippen LogP contribution in [-0.2, 0) is 0 Å². The molecule has 19 heavy (non-hydrogen) atoms. The van der Waals surface area contributed by atoms with Gasteiger partial charge in [0, 0.05) is 12.7 Å². The Labute approximate surface area is 111 Å². The van der Waals surface area contributed by atoms with E-state index in [1.165, 1.54) is 6.20 Å². The molecule has 1 aliphatic rings. The monoisotopic (exact) mass is 267 g/mol. The van der Waals surface area contributed by atoms with Gasteiger partial charge in [-0.3, -0.25) is 4.79 Å². The normalized spacial score (nSPS) is 21.0. The van der Waals surface area contributed by atoms with Gasteiger partial charge in [0.1, 0.15) is 5.69 Å². The van der Waals surface area contributed by atoms with Crippen molar-refractivity contribution in [2.45, 2.75) is 45.1 Å². The molecule has 1 fully saturated rings. The summed E-state index contributed by atoms with van der Waals surface area (Å²) >= 11 is 0. The first-order valence-corrected chi connectivity index (χ1v) is 6.58. The number of H-pyrrole nitrogens is 2. The molecule has 0 aliphatic heterocycles. The Morgan fingerprint density at radius 3 is 2.53 bits per heavy atom. The van der Waals surface area contributed by atoms with Crippen molar-refractivity contribution in [1.82, 2.24) is 15.3 Å². The molecule has 0 radical (unpaired) electrons. The lowest BCUT2D eigenvalue weighted by Crippen LogP contribution is -2.46. The number of hydrogen-bond acceptors (Lipinski definition) is 3. The Balaban J connectivity index is 1.88. The van der Waals surface area contributed by atoms with E-state index in [0.29, 0.717) is 12.8 Å². The van der Waals surface area contributed by atoms with E-state index >= 15 is 0 Å². The highest BCUT2D eigenvalue weighted by atomic mass is 16.3. The zero-order chi connectivity index (χ0) is 14.1. The molecule has 0 unspecified atom stereocenters. The second kappa shape index (κ2) is 4.85. The molecule has 0 bridgehead atoms. The summed E-state index contributed by atoms with van der Waals surface area (Å²) < 4.78 is 0. The average molecular weight is 267 g/mol. The summed E-state index contributed by atoms with van der Waals surface area (Å²) in [5, 5.41) is 13.1. The van der Waals surface area contributed by atoms with Gasteiger partial charge >= 0.3 is 5.69 Å². The van der Waals surface area contributed by atoms with Crippen LogP contribution in [0.1, 0.15) is 50.0 Å². The number of rotatable bonds is 3. The topological polar surface area (TPSA) is 98.0 Å². The molecule has 0 atom stereocenters. The van der Waals surface area contributed by atoms with Gasteiger partial charge in [-0.05, 0) is 31.1 Å². The molecule has 1 aromatic heterocycles. The minimum Gasteiger partial charge on any atom is -0.388 e. The zero-order valence-corrected chi connectivity index (χ0v) is 11.4. The SMILES string of the molecule is CC1(C)CCC(O)(CNC(=O)c2c[nH]c(=O)[nH]2)CC1. The maximum Gasteiger partial charge on any atom is 0.323 e. The molecule has 1 heterocycles. The van der Waals surface area contributed by atoms with Crippen LogP contribution in [0.2, 0.25) is 0 Å². The Morgan fingerprint density at radius 1 is 1.37 bits per heavy atom. The first-order chi connectivity index (χ1) is 8.80. The van der Waals surface area contributed by atoms with E-state index in [9.17, 15) is 14.7 Å². The summed E-state index contributed by atoms with van der Waals surface area (Å²) in [6.45, 7) is 4.60. The second-order valence-electron chi connectivity index (χ2n) is 6.23. The van der Waals surface area contributed by atoms with Gasteiger partial charge in [0.15, 0.2) is 0 Å². The van der Waals surface area contributed by atoms with Crippen LogP contribution in [0.25, 0.3) is 0 Å². The molecule has 0 aromatic carbocycles. The van der Waals surface area contributed by atoms with Gasteiger partial charge in [0.25, 0.3) is 5.91 Å². The first kappa shape index (κ1) is 13.9. The average Bonchev–Trinajstić information content (AvgIpc) is 2.78. The molecule has 2 rings (SSSR count). The summed E-state index contributed by atoms with van der Waals surface area (Å²) in [5.41, 5.74) is -0.794. The number of aliphatic hydroxyl groups is 1. The Morgan fingerprint density at radius 2 is 2.00 bits per heavy atom. The van der Waals surface area contributed by atoms with Gasteiger partial charge < -0.3 is 20.4 Å². The van der Waals surface area contributed by atoms with Crippen LogP contribution in [0.15, 0.2) is 11.0 Å². The maximum absolute atomic E-state index is 11.8. The van der Waals surface area contributed by atoms with Gasteiger partial charge in [-0.1, -0.05) is 13.8 Å². The van der Waals surface area contributed by atoms with Crippen molar-refractivity contribution in [2.24, 2.45) is 5.41 Å². The highest BCUT2D eigenvalue weighted by molar-refractivity contribution is 5.91. The zero-order valence-electron chi connectivity index (χ0n) is 11.4. The highest BCUT2D eigenvalue weighted by Gasteiger charge is 2.36. The van der Waals surface area contributed by atoms with Gasteiger partial charge in [-0.25, -0.2) is 4.79 Å². The largest absolute Gasteiger partial charge is 0.388 e. The quantitative estimate of drug-likeness (QED) is 0.651. The van der Waals surface area contributed by atoms with E-state index in [0.717, 1.165) is 12.8 Å². The van der Waals surface area contributed by atoms with Gasteiger partial charge in [-0.2, -0.15) is 0 Å². The summed E-state index contributed by atoms with van der Waals surface area (Å²) in [6, 6.07) is 0. The van der Waals surface area contributed by atoms with Crippen LogP contribution < -0.4 is 11.0 Å². The van der Waals surface area contributed by atoms with Crippen molar-refractivity contribution in [3.05, 3.63) is 22.4 Å². The molecule has 1 amide bonds. The lowest BCUT2D eigenvalue weighted by atomic mass is 9.71. The summed E-state index contributed by atoms with van der Waals surface area (Å²) in [6.07, 6.45) is 4.58. The number of hydrogen-bond donors (Lipinski definition) is 4. The van der Waals surface area contributed by atoms with Crippen molar-refractivity contribution in [1.29, 1.82) is 0 Å². The van der Waals surface area contributed by atoms with Crippen LogP contribution >= 0.6 is 0 Å². The third-order valence-electron chi connectivity index (χ3n) is 3.95. The van der Waals surface area contributed by atoms with E-state index in [-0.39, 0.29) is 23.6 Å². The molecule has 6 heteroatoms. The van der Waals surface area contributed by atoms with Gasteiger partial charge in [0.2, 0.25) is 0 Å². The minimum atomic E-state index is -0.832. The molecule has 4 N–H and O–H groups in total. The molecule has 106 valence electrons. The Kier molecular flexibility index (Phi) is 3.54. The number of carbonyl (C=O) groups excluding carboxylic acids is 1. The van der Waals surface area contributed by atoms with Crippen LogP contribution in [0.4, 0.5) is 0 Å². The molecular weight excluding hydrogens is 246 g/mol. The van der Waals surface area contributed by atoms with E-state index in [1.807, 2.05) is 0 Å². The number of aromatic amines is 2. The predicted octanol–water partition coefficient (Wildman–Crippen LogP) is 0.764. The lowest BCUT2D eigenvalue weighted by molar-refractivity contribution is -0.0233. The number of aromatic nitrogens is 2. The fourth-order valence-corrected chi connectivity index (χ4v) is 2.36. The van der Waals surface area contributed by atoms with Crippen LogP contribution in [0.5, 0.6) is 0 Å². The molecule has 0 saturated heterocycles. The van der Waals surface area contributed by atoms with Crippen LogP contribution in [0.3, 0.4) is 0 Å². The fourth-order valence-electron chi connectivity index (χ4n) is 2.36. The molecule has 1 aliphatic carbocycles. The van der Waals surface area contributed by atoms with Crippen molar-refractivity contribution in [3.63, 3.8) is 0 Å². The third kappa shape index (κ3) is 3.47. The van der Waals surface area contributed by atoms with Crippen molar-refractivity contribution in [2.75, 3.05) is 6.54 Å². The summed E-state index contributed by atoms with van der Waals surface area (Å²) in [7, 11) is 0. The maximum atomic E-state index is 11.8. The van der Waals surface area contributed by atoms with E-state index in [1.54, 1.807) is 0 Å². The predicted molar refractivity (Wildman–Crippen MR) is 70.9 cm³/mol.